The van der Waals surface area contributed by atoms with E-state index in [4.69, 9.17) is 17.2 Å². The van der Waals surface area contributed by atoms with E-state index in [0.29, 0.717) is 80.5 Å². The number of likely N-dealkylation sites (N-methyl/N-ethyl adjacent to an activating group) is 1. The highest BCUT2D eigenvalue weighted by Crippen LogP contribution is 2.38. The number of rotatable bonds is 12. The molecule has 0 radical (unpaired) electrons. The van der Waals surface area contributed by atoms with Gasteiger partial charge in [0.05, 0.1) is 61.5 Å². The fourth-order valence-corrected chi connectivity index (χ4v) is 12.5. The number of aryl methyl sites for hydroxylation is 3. The topological polar surface area (TPSA) is 292 Å². The molecule has 2 aliphatic rings. The van der Waals surface area contributed by atoms with Crippen molar-refractivity contribution in [2.75, 3.05) is 93.6 Å². The number of nitrogens with two attached hydrogens (primary N) is 3. The lowest BCUT2D eigenvalue weighted by Gasteiger charge is -2.33. The number of nitrogens with zero attached hydrogens (tertiary/aromatic N) is 12. The average molecular weight is 1570 g/mol. The van der Waals surface area contributed by atoms with Gasteiger partial charge in [-0.25, -0.2) is 15.0 Å². The summed E-state index contributed by atoms with van der Waals surface area (Å²) in [6, 6.07) is 30.1. The number of carbonyl (C=O) groups excluding carboxylic acids is 3. The van der Waals surface area contributed by atoms with E-state index in [-0.39, 0.29) is 81.5 Å². The van der Waals surface area contributed by atoms with Crippen LogP contribution in [0.3, 0.4) is 0 Å². The number of amides is 3. The molecule has 4 aromatic carbocycles. The third kappa shape index (κ3) is 21.5. The quantitative estimate of drug-likeness (QED) is 0.0489. The van der Waals surface area contributed by atoms with Crippen LogP contribution in [-0.2, 0) is 38.2 Å². The maximum absolute atomic E-state index is 13.9. The largest absolute Gasteiger partial charge is 0.416 e. The molecule has 3 amide bonds. The molecule has 0 spiro atoms. The first-order chi connectivity index (χ1) is 54.7. The first-order valence-electron chi connectivity index (χ1n) is 35.8. The van der Waals surface area contributed by atoms with E-state index in [2.05, 4.69) is 91.3 Å². The number of hydrogen-bond donors (Lipinski definition) is 6. The summed E-state index contributed by atoms with van der Waals surface area (Å²) in [7, 11) is 5.36. The number of anilines is 6. The van der Waals surface area contributed by atoms with E-state index in [1.54, 1.807) is 100 Å². The number of nitriles is 1. The van der Waals surface area contributed by atoms with E-state index in [1.807, 2.05) is 42.0 Å². The zero-order chi connectivity index (χ0) is 82.5. The lowest BCUT2D eigenvalue weighted by atomic mass is 10.0. The van der Waals surface area contributed by atoms with Crippen LogP contribution in [0.25, 0.3) is 21.8 Å². The SMILES string of the molecule is Cc1ccc(C(=O)Nc2ccc(CN3CCN(C)CC3)c(C(F)(F)F)c2)cc1C#Cc1cnc(N)cc1C#N.Cc1ncc(C(=O)Nc2ccc(CN(C)C)c(C(F)(F)F)c2)cc1C#Cc1cnc(N)c2ncccc12.Cc1ncc(C(=O)Nc2ccc(CN3CCCC3)c(C(F)(F)F)c2)cc1C#Cc1cnc(N)c2ncccc12. The summed E-state index contributed by atoms with van der Waals surface area (Å²) in [6.45, 7) is 10.4. The first-order valence-corrected chi connectivity index (χ1v) is 35.8. The molecule has 586 valence electrons. The Labute approximate surface area is 656 Å². The number of aromatic nitrogens is 7. The summed E-state index contributed by atoms with van der Waals surface area (Å²) in [5.74, 6) is 16.9. The predicted octanol–water partition coefficient (Wildman–Crippen LogP) is 14.1. The second-order valence-corrected chi connectivity index (χ2v) is 27.4. The molecule has 30 heteroatoms. The minimum absolute atomic E-state index is 0.0277. The fourth-order valence-electron chi connectivity index (χ4n) is 12.5. The molecule has 2 fully saturated rings. The summed E-state index contributed by atoms with van der Waals surface area (Å²) in [6.07, 6.45) is -1.25. The molecular weight excluding hydrogens is 1490 g/mol. The van der Waals surface area contributed by atoms with Crippen LogP contribution in [0.15, 0.2) is 159 Å². The molecule has 0 saturated carbocycles. The van der Waals surface area contributed by atoms with Gasteiger partial charge in [0.2, 0.25) is 0 Å². The third-order valence-corrected chi connectivity index (χ3v) is 18.7. The van der Waals surface area contributed by atoms with Crippen LogP contribution < -0.4 is 33.2 Å². The van der Waals surface area contributed by atoms with Crippen LogP contribution in [0, 0.1) is 67.6 Å². The number of nitrogen functional groups attached to an aromatic ring is 3. The normalized spacial score (nSPS) is 13.1. The molecule has 9 heterocycles. The van der Waals surface area contributed by atoms with E-state index < -0.39 is 52.9 Å². The molecule has 115 heavy (non-hydrogen) atoms. The molecule has 0 unspecified atom stereocenters. The number of benzene rings is 4. The van der Waals surface area contributed by atoms with Gasteiger partial charge in [-0.05, 0) is 181 Å². The van der Waals surface area contributed by atoms with Crippen molar-refractivity contribution in [3.8, 4) is 41.6 Å². The highest BCUT2D eigenvalue weighted by molar-refractivity contribution is 6.06. The summed E-state index contributed by atoms with van der Waals surface area (Å²) >= 11 is 0. The van der Waals surface area contributed by atoms with Crippen LogP contribution in [-0.4, -0.2) is 133 Å². The van der Waals surface area contributed by atoms with Crippen LogP contribution in [0.4, 0.5) is 74.0 Å². The monoisotopic (exact) mass is 1570 g/mol. The second-order valence-electron chi connectivity index (χ2n) is 27.4. The standard InChI is InChI=1S/C29H25F3N6O.C29H27F3N6O.C27H23F3N6O/c1-18-19(6-7-20-15-36-27(33)26-24(20)5-4-10-34-26)13-22(16-35-18)28(39)37-23-9-8-21(17-38-11-2-3-12-38)25(14-23)29(30,31)32;1-19-3-4-21(13-20(19)5-6-22-17-35-27(34)14-24(22)16-33)28(39)36-25-8-7-23(26(15-25)29(30,31)32)18-38-11-9-37(2)10-12-38;1-16-17(6-7-18-13-34-25(31)24-22(18)5-4-10-32-24)11-20(14-33-16)26(37)35-21-9-8-19(15-36(2)3)23(12-21)27(28,29)30/h4-5,8-10,13-16H,2-3,11-12,17H2,1H3,(H2,33,36)(H,37,39);3-4,7-8,13-15,17H,9-12,18H2,1-2H3,(H2,34,35)(H,36,39);4-5,8-14H,15H2,1-3H3,(H2,31,34)(H,35,37). The van der Waals surface area contributed by atoms with Gasteiger partial charge in [0.15, 0.2) is 0 Å². The minimum atomic E-state index is -4.56. The second kappa shape index (κ2) is 36.0. The number of hydrogen-bond acceptors (Lipinski definition) is 18. The smallest absolute Gasteiger partial charge is 0.384 e. The number of pyridine rings is 7. The molecule has 11 aromatic rings. The number of piperazine rings is 1. The van der Waals surface area contributed by atoms with E-state index in [1.165, 1.54) is 61.1 Å². The number of alkyl halides is 9. The molecule has 9 N–H and O–H groups in total. The van der Waals surface area contributed by atoms with E-state index in [9.17, 15) is 59.2 Å². The fraction of sp³-hybridized carbons (Fsp3) is 0.235. The number of halogens is 9. The van der Waals surface area contributed by atoms with Crippen LogP contribution in [0.5, 0.6) is 0 Å². The van der Waals surface area contributed by atoms with Crippen molar-refractivity contribution < 1.29 is 53.9 Å². The molecule has 2 aliphatic heterocycles. The average Bonchev–Trinajstić information content (AvgIpc) is 0.861. The molecule has 21 nitrogen and oxygen atoms in total. The van der Waals surface area contributed by atoms with Gasteiger partial charge in [0, 0.05) is 139 Å². The van der Waals surface area contributed by atoms with Crippen molar-refractivity contribution in [1.29, 1.82) is 5.26 Å². The zero-order valence-electron chi connectivity index (χ0n) is 63.0. The Morgan fingerprint density at radius 3 is 1.32 bits per heavy atom. The Morgan fingerprint density at radius 1 is 0.452 bits per heavy atom. The summed E-state index contributed by atoms with van der Waals surface area (Å²) in [5, 5.41) is 18.5. The summed E-state index contributed by atoms with van der Waals surface area (Å²) < 4.78 is 124. The van der Waals surface area contributed by atoms with Crippen molar-refractivity contribution in [3.63, 3.8) is 0 Å². The van der Waals surface area contributed by atoms with Gasteiger partial charge >= 0.3 is 18.5 Å². The molecule has 0 bridgehead atoms. The lowest BCUT2D eigenvalue weighted by molar-refractivity contribution is -0.139. The number of fused-ring (bicyclic) bond motifs is 2. The number of nitrogens with one attached hydrogen (secondary N) is 3. The van der Waals surface area contributed by atoms with Gasteiger partial charge < -0.3 is 43.0 Å². The highest BCUT2D eigenvalue weighted by atomic mass is 19.4. The molecule has 7 aromatic heterocycles. The molecular formula is C85H75F9N18O3. The van der Waals surface area contributed by atoms with Crippen molar-refractivity contribution in [1.82, 2.24) is 54.5 Å². The lowest BCUT2D eigenvalue weighted by Crippen LogP contribution is -2.44. The van der Waals surface area contributed by atoms with Crippen molar-refractivity contribution in [2.24, 2.45) is 0 Å². The van der Waals surface area contributed by atoms with Crippen molar-refractivity contribution in [3.05, 3.63) is 265 Å². The van der Waals surface area contributed by atoms with Gasteiger partial charge in [-0.15, -0.1) is 0 Å². The Hall–Kier alpha value is -13.4. The van der Waals surface area contributed by atoms with Crippen LogP contribution in [0.2, 0.25) is 0 Å². The van der Waals surface area contributed by atoms with Gasteiger partial charge in [0.1, 0.15) is 34.6 Å². The minimum Gasteiger partial charge on any atom is -0.384 e. The van der Waals surface area contributed by atoms with Crippen molar-refractivity contribution in [2.45, 2.75) is 71.8 Å². The van der Waals surface area contributed by atoms with Gasteiger partial charge in [0.25, 0.3) is 17.7 Å². The van der Waals surface area contributed by atoms with Crippen LogP contribution in [0.1, 0.15) is 133 Å². The van der Waals surface area contributed by atoms with Crippen molar-refractivity contribution >= 4 is 74.0 Å². The van der Waals surface area contributed by atoms with Gasteiger partial charge in [-0.2, -0.15) is 44.8 Å². The van der Waals surface area contributed by atoms with Gasteiger partial charge in [-0.3, -0.25) is 44.1 Å². The maximum atomic E-state index is 13.9. The Balaban J connectivity index is 0.000000170. The Kier molecular flexibility index (Phi) is 25.8. The zero-order valence-corrected chi connectivity index (χ0v) is 63.0. The van der Waals surface area contributed by atoms with Gasteiger partial charge in [-0.1, -0.05) is 59.8 Å². The molecule has 0 aliphatic carbocycles. The Bertz CT molecular complexity index is 5780. The van der Waals surface area contributed by atoms with Crippen LogP contribution >= 0.6 is 0 Å². The number of likely N-dealkylation sites (tertiary alicyclic amines) is 1. The van der Waals surface area contributed by atoms with E-state index in [0.717, 1.165) is 73.6 Å². The summed E-state index contributed by atoms with van der Waals surface area (Å²) in [4.78, 5) is 75.8. The predicted molar refractivity (Wildman–Crippen MR) is 421 cm³/mol. The molecule has 13 rings (SSSR count). The third-order valence-electron chi connectivity index (χ3n) is 18.7. The first kappa shape index (κ1) is 82.6. The highest BCUT2D eigenvalue weighted by Gasteiger charge is 2.37. The maximum Gasteiger partial charge on any atom is 0.416 e. The summed E-state index contributed by atoms with van der Waals surface area (Å²) in [5.41, 5.74) is 22.7. The molecule has 0 atom stereocenters. The number of carbonyl (C=O) groups is 3. The Morgan fingerprint density at radius 2 is 0.861 bits per heavy atom. The molecule has 2 saturated heterocycles. The van der Waals surface area contributed by atoms with E-state index >= 15 is 0 Å².